The number of nitrogens with zero attached hydrogens (tertiary/aromatic N) is 2. The third-order valence-electron chi connectivity index (χ3n) is 9.25. The van der Waals surface area contributed by atoms with E-state index < -0.39 is 39.0 Å². The molecule has 2 N–H and O–H groups in total. The van der Waals surface area contributed by atoms with E-state index in [1.165, 1.54) is 12.0 Å². The molecule has 274 valence electrons. The molecule has 1 aromatic heterocycles. The van der Waals surface area contributed by atoms with Crippen molar-refractivity contribution in [3.05, 3.63) is 81.7 Å². The number of anilines is 1. The number of ether oxygens (including phenoxy) is 1. The van der Waals surface area contributed by atoms with E-state index in [1.807, 2.05) is 51.1 Å². The van der Waals surface area contributed by atoms with Gasteiger partial charge < -0.3 is 25.0 Å². The van der Waals surface area contributed by atoms with E-state index in [4.69, 9.17) is 16.3 Å². The summed E-state index contributed by atoms with van der Waals surface area (Å²) in [6.45, 7) is 6.06. The van der Waals surface area contributed by atoms with Gasteiger partial charge in [0, 0.05) is 42.2 Å². The molecule has 0 saturated heterocycles. The fourth-order valence-corrected chi connectivity index (χ4v) is 8.46. The number of fused-ring (bicyclic) bond motifs is 1. The Morgan fingerprint density at radius 2 is 1.63 bits per heavy atom. The van der Waals surface area contributed by atoms with Gasteiger partial charge in [-0.25, -0.2) is 22.0 Å². The zero-order valence-electron chi connectivity index (χ0n) is 29.1. The Bertz CT molecular complexity index is 2020. The molecule has 4 aromatic rings. The Morgan fingerprint density at radius 3 is 2.20 bits per heavy atom. The summed E-state index contributed by atoms with van der Waals surface area (Å²) >= 11 is 7.45. The maximum absolute atomic E-state index is 14.9. The molecule has 0 spiro atoms. The summed E-state index contributed by atoms with van der Waals surface area (Å²) < 4.78 is 58.5. The molecule has 0 aliphatic heterocycles. The lowest BCUT2D eigenvalue weighted by molar-refractivity contribution is 0.0535. The van der Waals surface area contributed by atoms with Crippen molar-refractivity contribution in [3.8, 4) is 16.9 Å². The lowest BCUT2D eigenvalue weighted by Crippen LogP contribution is -2.48. The molecule has 0 radical (unpaired) electrons. The van der Waals surface area contributed by atoms with Crippen LogP contribution in [0.1, 0.15) is 61.7 Å². The van der Waals surface area contributed by atoms with Gasteiger partial charge in [0.2, 0.25) is 0 Å². The second-order valence-electron chi connectivity index (χ2n) is 14.0. The van der Waals surface area contributed by atoms with Crippen LogP contribution in [-0.2, 0) is 16.4 Å². The lowest BCUT2D eigenvalue weighted by Gasteiger charge is -2.40. The predicted molar refractivity (Wildman–Crippen MR) is 199 cm³/mol. The fraction of sp³-hybridized carbons (Fsp3) is 0.405. The summed E-state index contributed by atoms with van der Waals surface area (Å²) in [6.07, 6.45) is 2.69. The highest BCUT2D eigenvalue weighted by atomic mass is 35.5. The first-order valence-electron chi connectivity index (χ1n) is 16.5. The van der Waals surface area contributed by atoms with Crippen molar-refractivity contribution in [1.82, 2.24) is 9.80 Å². The number of carbonyl (C=O) groups is 2. The van der Waals surface area contributed by atoms with Gasteiger partial charge >= 0.3 is 6.09 Å². The monoisotopic (exact) mass is 761 g/mol. The molecule has 2 amide bonds. The van der Waals surface area contributed by atoms with E-state index in [2.05, 4.69) is 5.32 Å². The molecule has 51 heavy (non-hydrogen) atoms. The minimum Gasteiger partial charge on any atom is -0.496 e. The Hall–Kier alpha value is -3.94. The van der Waals surface area contributed by atoms with E-state index in [9.17, 15) is 31.9 Å². The Morgan fingerprint density at radius 1 is 1.00 bits per heavy atom. The highest BCUT2D eigenvalue weighted by Crippen LogP contribution is 2.41. The van der Waals surface area contributed by atoms with Crippen molar-refractivity contribution in [2.24, 2.45) is 5.92 Å². The number of carbonyl (C=O) groups excluding carboxylic acids is 1. The number of halogens is 3. The standard InChI is InChI=1S/C37H42ClF2N3O6S2/c1-37(2,3)43(36(45)46)19-22-6-13-27(14-7-22)42(35(44)34-32(38)31-28(39)15-16-29(40)33(31)50-34)20-25-18-24(10-17-30(25)49-4)23-8-11-26(12-9-23)41-21-51(5,47)48/h8-12,15-18,22,27,41H,6-7,13-14,19-21H2,1-5H3,(H,45,46). The zero-order valence-corrected chi connectivity index (χ0v) is 31.5. The van der Waals surface area contributed by atoms with Crippen molar-refractivity contribution in [1.29, 1.82) is 0 Å². The molecular weight excluding hydrogens is 720 g/mol. The Kier molecular flexibility index (Phi) is 11.5. The number of hydrogen-bond donors (Lipinski definition) is 2. The van der Waals surface area contributed by atoms with Gasteiger partial charge in [-0.1, -0.05) is 29.8 Å². The van der Waals surface area contributed by atoms with Crippen LogP contribution in [0.4, 0.5) is 19.3 Å². The first-order valence-corrected chi connectivity index (χ1v) is 19.8. The van der Waals surface area contributed by atoms with Gasteiger partial charge in [0.25, 0.3) is 5.91 Å². The first-order chi connectivity index (χ1) is 24.0. The molecule has 1 aliphatic carbocycles. The average Bonchev–Trinajstić information content (AvgIpc) is 3.44. The van der Waals surface area contributed by atoms with Gasteiger partial charge in [0.1, 0.15) is 28.1 Å². The Labute approximate surface area is 306 Å². The fourth-order valence-electron chi connectivity index (χ4n) is 6.53. The summed E-state index contributed by atoms with van der Waals surface area (Å²) in [4.78, 5) is 29.7. The molecule has 1 aliphatic rings. The number of carboxylic acid groups (broad SMARTS) is 1. The summed E-state index contributed by atoms with van der Waals surface area (Å²) in [5.41, 5.74) is 2.46. The van der Waals surface area contributed by atoms with Crippen molar-refractivity contribution < 1.29 is 36.6 Å². The first kappa shape index (κ1) is 38.3. The maximum atomic E-state index is 14.9. The number of sulfone groups is 1. The third-order valence-corrected chi connectivity index (χ3v) is 11.6. The van der Waals surface area contributed by atoms with Crippen LogP contribution >= 0.6 is 22.9 Å². The van der Waals surface area contributed by atoms with E-state index in [0.717, 1.165) is 40.9 Å². The predicted octanol–water partition coefficient (Wildman–Crippen LogP) is 8.90. The molecular formula is C37H42ClF2N3O6S2. The highest BCUT2D eigenvalue weighted by molar-refractivity contribution is 7.90. The second kappa shape index (κ2) is 15.3. The van der Waals surface area contributed by atoms with Gasteiger partial charge in [-0.3, -0.25) is 4.79 Å². The minimum absolute atomic E-state index is 0.0306. The molecule has 0 unspecified atom stereocenters. The van der Waals surface area contributed by atoms with Crippen LogP contribution in [0.3, 0.4) is 0 Å². The lowest BCUT2D eigenvalue weighted by atomic mass is 9.84. The number of rotatable bonds is 11. The summed E-state index contributed by atoms with van der Waals surface area (Å²) in [5.74, 6) is -1.40. The molecule has 5 rings (SSSR count). The molecule has 0 atom stereocenters. The maximum Gasteiger partial charge on any atom is 0.407 e. The van der Waals surface area contributed by atoms with Crippen molar-refractivity contribution in [3.63, 3.8) is 0 Å². The van der Waals surface area contributed by atoms with E-state index in [-0.39, 0.29) is 44.4 Å². The van der Waals surface area contributed by atoms with Crippen LogP contribution in [0.15, 0.2) is 54.6 Å². The van der Waals surface area contributed by atoms with Crippen LogP contribution in [0, 0.1) is 17.6 Å². The van der Waals surface area contributed by atoms with E-state index in [0.29, 0.717) is 49.2 Å². The number of amides is 2. The number of thiophene rings is 1. The molecule has 1 heterocycles. The van der Waals surface area contributed by atoms with E-state index in [1.54, 1.807) is 17.0 Å². The largest absolute Gasteiger partial charge is 0.496 e. The molecule has 1 saturated carbocycles. The summed E-state index contributed by atoms with van der Waals surface area (Å²) in [5, 5.41) is 12.5. The molecule has 9 nitrogen and oxygen atoms in total. The smallest absolute Gasteiger partial charge is 0.407 e. The third kappa shape index (κ3) is 8.93. The summed E-state index contributed by atoms with van der Waals surface area (Å²) in [6, 6.07) is 14.6. The number of benzene rings is 3. The number of methoxy groups -OCH3 is 1. The Balaban J connectivity index is 1.47. The van der Waals surface area contributed by atoms with Crippen molar-refractivity contribution in [2.45, 2.75) is 64.6 Å². The SMILES string of the molecule is COc1ccc(-c2ccc(NCS(C)(=O)=O)cc2)cc1CN(C(=O)c1sc2c(F)ccc(F)c2c1Cl)C1CCC(CN(C(=O)O)C(C)(C)C)CC1. The molecule has 0 bridgehead atoms. The van der Waals surface area contributed by atoms with Gasteiger partial charge in [-0.05, 0) is 99.9 Å². The number of hydrogen-bond acceptors (Lipinski definition) is 7. The average molecular weight is 762 g/mol. The van der Waals surface area contributed by atoms with Crippen LogP contribution < -0.4 is 10.1 Å². The topological polar surface area (TPSA) is 116 Å². The van der Waals surface area contributed by atoms with Gasteiger partial charge in [-0.15, -0.1) is 11.3 Å². The molecule has 14 heteroatoms. The minimum atomic E-state index is -3.21. The van der Waals surface area contributed by atoms with E-state index >= 15 is 0 Å². The highest BCUT2D eigenvalue weighted by Gasteiger charge is 2.35. The molecule has 3 aromatic carbocycles. The van der Waals surface area contributed by atoms with Gasteiger partial charge in [0.05, 0.1) is 22.2 Å². The quantitative estimate of drug-likeness (QED) is 0.157. The normalized spacial score (nSPS) is 16.5. The van der Waals surface area contributed by atoms with Crippen molar-refractivity contribution in [2.75, 3.05) is 31.1 Å². The number of nitrogens with one attached hydrogen (secondary N) is 1. The van der Waals surface area contributed by atoms with Gasteiger partial charge in [0.15, 0.2) is 9.84 Å². The van der Waals surface area contributed by atoms with Crippen molar-refractivity contribution >= 4 is 60.5 Å². The van der Waals surface area contributed by atoms with Crippen LogP contribution in [0.2, 0.25) is 5.02 Å². The molecule has 1 fully saturated rings. The van der Waals surface area contributed by atoms with Crippen LogP contribution in [0.25, 0.3) is 21.2 Å². The second-order valence-corrected chi connectivity index (χ2v) is 17.5. The van der Waals surface area contributed by atoms with Crippen LogP contribution in [-0.4, -0.2) is 72.7 Å². The zero-order chi connectivity index (χ0) is 37.2. The van der Waals surface area contributed by atoms with Gasteiger partial charge in [-0.2, -0.15) is 0 Å². The van der Waals surface area contributed by atoms with Crippen LogP contribution in [0.5, 0.6) is 5.75 Å². The summed E-state index contributed by atoms with van der Waals surface area (Å²) in [7, 11) is -1.67.